The number of fused-ring (bicyclic) bond motifs is 1. The Bertz CT molecular complexity index is 446. The van der Waals surface area contributed by atoms with E-state index in [-0.39, 0.29) is 5.97 Å². The minimum absolute atomic E-state index is 0.318. The second kappa shape index (κ2) is 5.20. The monoisotopic (exact) mass is 205 g/mol. The molecule has 0 amide bonds. The molecule has 0 saturated heterocycles. The van der Waals surface area contributed by atoms with Gasteiger partial charge in [0.2, 0.25) is 0 Å². The predicted octanol–water partition coefficient (Wildman–Crippen LogP) is 2.75. The smallest absolute Gasteiger partial charge is 0.355 e. The molecule has 3 nitrogen and oxygen atoms in total. The maximum atomic E-state index is 11.3. The molecule has 0 unspecified atom stereocenters. The van der Waals surface area contributed by atoms with Gasteiger partial charge >= 0.3 is 5.97 Å². The Morgan fingerprint density at radius 3 is 2.53 bits per heavy atom. The van der Waals surface area contributed by atoms with Gasteiger partial charge in [0, 0.05) is 11.7 Å². The van der Waals surface area contributed by atoms with Crippen molar-refractivity contribution >= 4 is 11.5 Å². The molecule has 3 heteroatoms. The molecule has 0 aliphatic rings. The van der Waals surface area contributed by atoms with Crippen LogP contribution in [-0.2, 0) is 4.74 Å². The number of aromatic nitrogens is 1. The molecule has 2 aromatic heterocycles. The Hall–Kier alpha value is -1.77. The number of ether oxygens (including phenoxy) is 1. The maximum Gasteiger partial charge on any atom is 0.355 e. The highest BCUT2D eigenvalue weighted by Crippen LogP contribution is 2.09. The second-order valence-corrected chi connectivity index (χ2v) is 2.71. The van der Waals surface area contributed by atoms with Gasteiger partial charge in [-0.05, 0) is 24.3 Å². The van der Waals surface area contributed by atoms with Gasteiger partial charge in [0.25, 0.3) is 0 Å². The first-order valence-corrected chi connectivity index (χ1v) is 4.97. The highest BCUT2D eigenvalue weighted by molar-refractivity contribution is 5.88. The fourth-order valence-corrected chi connectivity index (χ4v) is 1.34. The summed E-state index contributed by atoms with van der Waals surface area (Å²) in [6, 6.07) is 9.33. The molecule has 0 aliphatic heterocycles. The summed E-state index contributed by atoms with van der Waals surface area (Å²) in [6.07, 6.45) is 1.83. The van der Waals surface area contributed by atoms with E-state index < -0.39 is 0 Å². The van der Waals surface area contributed by atoms with Crippen molar-refractivity contribution in [2.24, 2.45) is 0 Å². The van der Waals surface area contributed by atoms with Crippen molar-refractivity contribution in [1.29, 1.82) is 0 Å². The van der Waals surface area contributed by atoms with Gasteiger partial charge in [-0.3, -0.25) is 0 Å². The topological polar surface area (TPSA) is 30.7 Å². The van der Waals surface area contributed by atoms with E-state index in [1.165, 1.54) is 7.11 Å². The molecule has 0 aromatic carbocycles. The number of esters is 1. The van der Waals surface area contributed by atoms with Gasteiger partial charge in [0.1, 0.15) is 5.69 Å². The van der Waals surface area contributed by atoms with Crippen LogP contribution in [0.15, 0.2) is 36.5 Å². The fraction of sp³-hybridized carbons (Fsp3) is 0.250. The van der Waals surface area contributed by atoms with E-state index in [4.69, 9.17) is 0 Å². The van der Waals surface area contributed by atoms with Crippen molar-refractivity contribution in [2.75, 3.05) is 7.11 Å². The number of rotatable bonds is 1. The van der Waals surface area contributed by atoms with Crippen molar-refractivity contribution in [2.45, 2.75) is 13.8 Å². The second-order valence-electron chi connectivity index (χ2n) is 2.71. The first-order valence-electron chi connectivity index (χ1n) is 4.97. The average molecular weight is 205 g/mol. The van der Waals surface area contributed by atoms with Gasteiger partial charge in [-0.1, -0.05) is 19.9 Å². The Morgan fingerprint density at radius 1 is 1.20 bits per heavy atom. The van der Waals surface area contributed by atoms with Crippen LogP contribution in [0.2, 0.25) is 0 Å². The molecular weight excluding hydrogens is 190 g/mol. The summed E-state index contributed by atoms with van der Waals surface area (Å²) in [5.74, 6) is -0.318. The molecule has 0 atom stereocenters. The van der Waals surface area contributed by atoms with Gasteiger partial charge in [0.15, 0.2) is 0 Å². The molecule has 2 heterocycles. The zero-order valence-corrected chi connectivity index (χ0v) is 9.23. The Labute approximate surface area is 89.3 Å². The molecule has 0 saturated carbocycles. The van der Waals surface area contributed by atoms with Crippen LogP contribution in [0.3, 0.4) is 0 Å². The van der Waals surface area contributed by atoms with E-state index in [1.807, 2.05) is 44.3 Å². The number of carbonyl (C=O) groups excluding carboxylic acids is 1. The van der Waals surface area contributed by atoms with E-state index in [0.717, 1.165) is 5.52 Å². The zero-order chi connectivity index (χ0) is 11.3. The largest absolute Gasteiger partial charge is 0.464 e. The summed E-state index contributed by atoms with van der Waals surface area (Å²) in [7, 11) is 1.38. The van der Waals surface area contributed by atoms with Crippen LogP contribution in [0.4, 0.5) is 0 Å². The molecule has 0 N–H and O–H groups in total. The number of pyridine rings is 1. The van der Waals surface area contributed by atoms with Crippen molar-refractivity contribution < 1.29 is 9.53 Å². The van der Waals surface area contributed by atoms with Crippen LogP contribution < -0.4 is 0 Å². The van der Waals surface area contributed by atoms with Crippen LogP contribution in [-0.4, -0.2) is 17.5 Å². The summed E-state index contributed by atoms with van der Waals surface area (Å²) >= 11 is 0. The lowest BCUT2D eigenvalue weighted by atomic mass is 10.3. The van der Waals surface area contributed by atoms with E-state index in [2.05, 4.69) is 4.74 Å². The van der Waals surface area contributed by atoms with Gasteiger partial charge < -0.3 is 9.14 Å². The highest BCUT2D eigenvalue weighted by atomic mass is 16.5. The van der Waals surface area contributed by atoms with Gasteiger partial charge in [-0.2, -0.15) is 0 Å². The standard InChI is InChI=1S/C10H9NO2.C2H6/c1-13-10(12)9-6-2-4-8-5-3-7-11(8)9;1-2/h2-7H,1H3;1-2H3. The van der Waals surface area contributed by atoms with Gasteiger partial charge in [-0.25, -0.2) is 4.79 Å². The van der Waals surface area contributed by atoms with Crippen molar-refractivity contribution in [3.05, 3.63) is 42.2 Å². The van der Waals surface area contributed by atoms with Gasteiger partial charge in [-0.15, -0.1) is 0 Å². The number of hydrogen-bond acceptors (Lipinski definition) is 2. The lowest BCUT2D eigenvalue weighted by Gasteiger charge is -2.02. The summed E-state index contributed by atoms with van der Waals surface area (Å²) in [5.41, 5.74) is 1.54. The quantitative estimate of drug-likeness (QED) is 0.670. The third-order valence-electron chi connectivity index (χ3n) is 1.96. The summed E-state index contributed by atoms with van der Waals surface area (Å²) in [4.78, 5) is 11.3. The first-order chi connectivity index (χ1) is 7.33. The molecule has 2 aromatic rings. The molecular formula is C12H15NO2. The molecule has 2 rings (SSSR count). The molecule has 0 bridgehead atoms. The average Bonchev–Trinajstić information content (AvgIpc) is 2.78. The van der Waals surface area contributed by atoms with Crippen LogP contribution in [0.5, 0.6) is 0 Å². The number of carbonyl (C=O) groups is 1. The van der Waals surface area contributed by atoms with Crippen molar-refractivity contribution in [3.8, 4) is 0 Å². The third kappa shape index (κ3) is 2.18. The lowest BCUT2D eigenvalue weighted by Crippen LogP contribution is -2.06. The van der Waals surface area contributed by atoms with Crippen molar-refractivity contribution in [3.63, 3.8) is 0 Å². The van der Waals surface area contributed by atoms with E-state index in [1.54, 1.807) is 10.5 Å². The number of nitrogens with zero attached hydrogens (tertiary/aromatic N) is 1. The van der Waals surface area contributed by atoms with E-state index >= 15 is 0 Å². The molecule has 15 heavy (non-hydrogen) atoms. The molecule has 0 radical (unpaired) electrons. The van der Waals surface area contributed by atoms with Crippen LogP contribution in [0, 0.1) is 0 Å². The van der Waals surface area contributed by atoms with E-state index in [9.17, 15) is 4.79 Å². The molecule has 0 aliphatic carbocycles. The minimum Gasteiger partial charge on any atom is -0.464 e. The zero-order valence-electron chi connectivity index (χ0n) is 9.23. The highest BCUT2D eigenvalue weighted by Gasteiger charge is 2.07. The Balaban J connectivity index is 0.000000531. The summed E-state index contributed by atoms with van der Waals surface area (Å²) < 4.78 is 6.45. The predicted molar refractivity (Wildman–Crippen MR) is 60.1 cm³/mol. The van der Waals surface area contributed by atoms with Crippen molar-refractivity contribution in [1.82, 2.24) is 4.40 Å². The normalized spacial score (nSPS) is 9.27. The van der Waals surface area contributed by atoms with Crippen LogP contribution >= 0.6 is 0 Å². The maximum absolute atomic E-state index is 11.3. The van der Waals surface area contributed by atoms with Crippen LogP contribution in [0.25, 0.3) is 5.52 Å². The van der Waals surface area contributed by atoms with Crippen LogP contribution in [0.1, 0.15) is 24.3 Å². The molecule has 0 spiro atoms. The Kier molecular flexibility index (Phi) is 3.92. The summed E-state index contributed by atoms with van der Waals surface area (Å²) in [6.45, 7) is 4.00. The van der Waals surface area contributed by atoms with Gasteiger partial charge in [0.05, 0.1) is 7.11 Å². The fourth-order valence-electron chi connectivity index (χ4n) is 1.34. The summed E-state index contributed by atoms with van der Waals surface area (Å²) in [5, 5.41) is 0. The lowest BCUT2D eigenvalue weighted by molar-refractivity contribution is 0.0592. The molecule has 0 fully saturated rings. The molecule has 80 valence electrons. The number of methoxy groups -OCH3 is 1. The number of hydrogen-bond donors (Lipinski definition) is 0. The minimum atomic E-state index is -0.318. The Morgan fingerprint density at radius 2 is 1.87 bits per heavy atom. The van der Waals surface area contributed by atoms with E-state index in [0.29, 0.717) is 5.69 Å². The third-order valence-corrected chi connectivity index (χ3v) is 1.96. The SMILES string of the molecule is CC.COC(=O)c1cccc2cccn12. The first kappa shape index (κ1) is 11.3.